The molecule has 14 heavy (non-hydrogen) atoms. The van der Waals surface area contributed by atoms with Gasteiger partial charge in [0, 0.05) is 5.02 Å². The molecular formula is C10H11ClO2S. The Bertz CT molecular complexity index is 315. The average Bonchev–Trinajstić information content (AvgIpc) is 2.12. The monoisotopic (exact) mass is 230 g/mol. The molecule has 0 aliphatic heterocycles. The summed E-state index contributed by atoms with van der Waals surface area (Å²) in [4.78, 5) is 10.2. The fraction of sp³-hybridized carbons (Fsp3) is 0.300. The van der Waals surface area contributed by atoms with Gasteiger partial charge in [0.1, 0.15) is 0 Å². The van der Waals surface area contributed by atoms with E-state index in [-0.39, 0.29) is 5.75 Å². The van der Waals surface area contributed by atoms with Gasteiger partial charge < -0.3 is 5.11 Å². The highest BCUT2D eigenvalue weighted by atomic mass is 35.5. The largest absolute Gasteiger partial charge is 0.481 e. The second-order valence-electron chi connectivity index (χ2n) is 2.83. The smallest absolute Gasteiger partial charge is 0.313 e. The van der Waals surface area contributed by atoms with E-state index in [1.54, 1.807) is 0 Å². The van der Waals surface area contributed by atoms with Crippen molar-refractivity contribution in [3.8, 4) is 0 Å². The Balaban J connectivity index is 2.28. The summed E-state index contributed by atoms with van der Waals surface area (Å²) < 4.78 is 0. The maximum absolute atomic E-state index is 10.2. The first-order valence-corrected chi connectivity index (χ1v) is 5.76. The van der Waals surface area contributed by atoms with E-state index in [1.165, 1.54) is 11.8 Å². The molecule has 0 aromatic heterocycles. The normalized spacial score (nSPS) is 10.1. The van der Waals surface area contributed by atoms with E-state index in [1.807, 2.05) is 24.3 Å². The standard InChI is InChI=1S/C10H11ClO2S/c11-9-3-1-2-8(6-9)4-5-14-7-10(12)13/h1-3,6H,4-5,7H2,(H,12,13). The highest BCUT2D eigenvalue weighted by Gasteiger charge is 1.98. The van der Waals surface area contributed by atoms with Crippen LogP contribution in [-0.4, -0.2) is 22.6 Å². The van der Waals surface area contributed by atoms with E-state index in [0.29, 0.717) is 0 Å². The predicted octanol–water partition coefficient (Wildman–Crippen LogP) is 2.70. The van der Waals surface area contributed by atoms with E-state index < -0.39 is 5.97 Å². The molecule has 1 aromatic carbocycles. The Morgan fingerprint density at radius 3 is 2.93 bits per heavy atom. The topological polar surface area (TPSA) is 37.3 Å². The van der Waals surface area contributed by atoms with Crippen LogP contribution in [0.25, 0.3) is 0 Å². The van der Waals surface area contributed by atoms with Crippen LogP contribution < -0.4 is 0 Å². The fourth-order valence-corrected chi connectivity index (χ4v) is 1.95. The zero-order valence-corrected chi connectivity index (χ0v) is 9.14. The summed E-state index contributed by atoms with van der Waals surface area (Å²) in [6.07, 6.45) is 0.860. The Labute approximate surface area is 92.3 Å². The van der Waals surface area contributed by atoms with E-state index in [4.69, 9.17) is 16.7 Å². The van der Waals surface area contributed by atoms with Crippen LogP contribution in [0.3, 0.4) is 0 Å². The average molecular weight is 231 g/mol. The number of carboxylic acid groups (broad SMARTS) is 1. The summed E-state index contributed by atoms with van der Waals surface area (Å²) in [7, 11) is 0. The van der Waals surface area contributed by atoms with Gasteiger partial charge in [-0.15, -0.1) is 11.8 Å². The van der Waals surface area contributed by atoms with Crippen LogP contribution in [0.1, 0.15) is 5.56 Å². The molecule has 4 heteroatoms. The summed E-state index contributed by atoms with van der Waals surface area (Å²) in [6.45, 7) is 0. The number of halogens is 1. The van der Waals surface area contributed by atoms with E-state index in [2.05, 4.69) is 0 Å². The van der Waals surface area contributed by atoms with Crippen molar-refractivity contribution in [2.45, 2.75) is 6.42 Å². The maximum Gasteiger partial charge on any atom is 0.313 e. The molecule has 76 valence electrons. The van der Waals surface area contributed by atoms with Crippen LogP contribution in [0, 0.1) is 0 Å². The second-order valence-corrected chi connectivity index (χ2v) is 4.37. The molecule has 0 heterocycles. The van der Waals surface area contributed by atoms with E-state index in [0.717, 1.165) is 22.8 Å². The third-order valence-corrected chi connectivity index (χ3v) is 2.83. The molecule has 0 bridgehead atoms. The number of hydrogen-bond donors (Lipinski definition) is 1. The lowest BCUT2D eigenvalue weighted by atomic mass is 10.2. The Morgan fingerprint density at radius 2 is 2.29 bits per heavy atom. The van der Waals surface area contributed by atoms with Crippen molar-refractivity contribution in [1.29, 1.82) is 0 Å². The molecule has 0 aliphatic carbocycles. The molecule has 1 rings (SSSR count). The number of thioether (sulfide) groups is 1. The fourth-order valence-electron chi connectivity index (χ4n) is 1.04. The lowest BCUT2D eigenvalue weighted by Gasteiger charge is -2.00. The molecule has 0 amide bonds. The van der Waals surface area contributed by atoms with Gasteiger partial charge in [-0.25, -0.2) is 0 Å². The van der Waals surface area contributed by atoms with Crippen LogP contribution in [0.4, 0.5) is 0 Å². The van der Waals surface area contributed by atoms with Gasteiger partial charge in [-0.3, -0.25) is 4.79 Å². The Morgan fingerprint density at radius 1 is 1.50 bits per heavy atom. The summed E-state index contributed by atoms with van der Waals surface area (Å²) in [5.74, 6) is 0.216. The van der Waals surface area contributed by atoms with Gasteiger partial charge >= 0.3 is 5.97 Å². The highest BCUT2D eigenvalue weighted by Crippen LogP contribution is 2.13. The molecule has 2 nitrogen and oxygen atoms in total. The molecule has 0 radical (unpaired) electrons. The van der Waals surface area contributed by atoms with Gasteiger partial charge in [0.25, 0.3) is 0 Å². The second kappa shape index (κ2) is 5.94. The SMILES string of the molecule is O=C(O)CSCCc1cccc(Cl)c1. The van der Waals surface area contributed by atoms with Crippen molar-refractivity contribution in [2.75, 3.05) is 11.5 Å². The third-order valence-electron chi connectivity index (χ3n) is 1.65. The molecule has 0 unspecified atom stereocenters. The summed E-state index contributed by atoms with van der Waals surface area (Å²) >= 11 is 7.23. The van der Waals surface area contributed by atoms with Crippen molar-refractivity contribution >= 4 is 29.3 Å². The minimum Gasteiger partial charge on any atom is -0.481 e. The number of rotatable bonds is 5. The summed E-state index contributed by atoms with van der Waals surface area (Å²) in [5.41, 5.74) is 1.15. The number of aliphatic carboxylic acids is 1. The van der Waals surface area contributed by atoms with Gasteiger partial charge in [-0.05, 0) is 29.9 Å². The number of aryl methyl sites for hydroxylation is 1. The van der Waals surface area contributed by atoms with Crippen molar-refractivity contribution in [2.24, 2.45) is 0 Å². The lowest BCUT2D eigenvalue weighted by Crippen LogP contribution is -1.99. The lowest BCUT2D eigenvalue weighted by molar-refractivity contribution is -0.133. The molecule has 1 aromatic rings. The molecular weight excluding hydrogens is 220 g/mol. The predicted molar refractivity (Wildman–Crippen MR) is 60.1 cm³/mol. The molecule has 0 spiro atoms. The highest BCUT2D eigenvalue weighted by molar-refractivity contribution is 7.99. The van der Waals surface area contributed by atoms with Crippen molar-refractivity contribution in [3.63, 3.8) is 0 Å². The van der Waals surface area contributed by atoms with Gasteiger partial charge in [-0.1, -0.05) is 23.7 Å². The van der Waals surface area contributed by atoms with Crippen LogP contribution in [0.5, 0.6) is 0 Å². The minimum atomic E-state index is -0.763. The van der Waals surface area contributed by atoms with Crippen LogP contribution >= 0.6 is 23.4 Å². The van der Waals surface area contributed by atoms with Gasteiger partial charge in [-0.2, -0.15) is 0 Å². The number of benzene rings is 1. The zero-order valence-electron chi connectivity index (χ0n) is 7.57. The molecule has 0 fully saturated rings. The first-order chi connectivity index (χ1) is 6.68. The van der Waals surface area contributed by atoms with Crippen molar-refractivity contribution in [3.05, 3.63) is 34.9 Å². The number of carboxylic acids is 1. The molecule has 0 saturated carbocycles. The minimum absolute atomic E-state index is 0.167. The molecule has 0 atom stereocenters. The van der Waals surface area contributed by atoms with Crippen LogP contribution in [-0.2, 0) is 11.2 Å². The van der Waals surface area contributed by atoms with Crippen molar-refractivity contribution < 1.29 is 9.90 Å². The quantitative estimate of drug-likeness (QED) is 0.791. The number of carbonyl (C=O) groups is 1. The zero-order chi connectivity index (χ0) is 10.4. The molecule has 1 N–H and O–H groups in total. The van der Waals surface area contributed by atoms with E-state index >= 15 is 0 Å². The van der Waals surface area contributed by atoms with Crippen LogP contribution in [0.2, 0.25) is 5.02 Å². The maximum atomic E-state index is 10.2. The van der Waals surface area contributed by atoms with Gasteiger partial charge in [0.05, 0.1) is 5.75 Å². The van der Waals surface area contributed by atoms with Crippen LogP contribution in [0.15, 0.2) is 24.3 Å². The first-order valence-electron chi connectivity index (χ1n) is 4.22. The third kappa shape index (κ3) is 4.53. The Kier molecular flexibility index (Phi) is 4.84. The molecule has 0 saturated heterocycles. The summed E-state index contributed by atoms with van der Waals surface area (Å²) in [5, 5.41) is 9.14. The first kappa shape index (κ1) is 11.4. The van der Waals surface area contributed by atoms with Crippen molar-refractivity contribution in [1.82, 2.24) is 0 Å². The van der Waals surface area contributed by atoms with E-state index in [9.17, 15) is 4.79 Å². The Hall–Kier alpha value is -0.670. The van der Waals surface area contributed by atoms with Gasteiger partial charge in [0.2, 0.25) is 0 Å². The number of hydrogen-bond acceptors (Lipinski definition) is 2. The van der Waals surface area contributed by atoms with Gasteiger partial charge in [0.15, 0.2) is 0 Å². The summed E-state index contributed by atoms with van der Waals surface area (Å²) in [6, 6.07) is 7.63. The molecule has 0 aliphatic rings.